The zero-order chi connectivity index (χ0) is 21.4. The van der Waals surface area contributed by atoms with Crippen molar-refractivity contribution in [3.63, 3.8) is 0 Å². The average Bonchev–Trinajstić information content (AvgIpc) is 2.73. The third-order valence-electron chi connectivity index (χ3n) is 4.15. The van der Waals surface area contributed by atoms with E-state index < -0.39 is 15.9 Å². The van der Waals surface area contributed by atoms with E-state index in [1.165, 1.54) is 39.5 Å². The molecule has 0 atom stereocenters. The number of benzene rings is 2. The molecule has 0 spiro atoms. The summed E-state index contributed by atoms with van der Waals surface area (Å²) < 4.78 is 43.1. The first-order valence-corrected chi connectivity index (χ1v) is 10.6. The summed E-state index contributed by atoms with van der Waals surface area (Å²) >= 11 is 0. The van der Waals surface area contributed by atoms with Gasteiger partial charge in [-0.2, -0.15) is 0 Å². The molecule has 1 amide bonds. The molecule has 0 fully saturated rings. The van der Waals surface area contributed by atoms with E-state index in [1.807, 2.05) is 6.92 Å². The van der Waals surface area contributed by atoms with Crippen LogP contribution in [0.5, 0.6) is 17.2 Å². The van der Waals surface area contributed by atoms with Crippen LogP contribution in [0, 0.1) is 0 Å². The maximum Gasteiger partial charge on any atom is 0.255 e. The van der Waals surface area contributed by atoms with E-state index in [2.05, 4.69) is 10.0 Å². The predicted molar refractivity (Wildman–Crippen MR) is 111 cm³/mol. The van der Waals surface area contributed by atoms with Gasteiger partial charge in [0.1, 0.15) is 0 Å². The second-order valence-corrected chi connectivity index (χ2v) is 7.91. The topological polar surface area (TPSA) is 103 Å². The van der Waals surface area contributed by atoms with Gasteiger partial charge in [-0.05, 0) is 24.6 Å². The fraction of sp³-hybridized carbons (Fsp3) is 0.350. The summed E-state index contributed by atoms with van der Waals surface area (Å²) in [4.78, 5) is 12.7. The van der Waals surface area contributed by atoms with Crippen LogP contribution in [0.3, 0.4) is 0 Å². The Kier molecular flexibility index (Phi) is 7.86. The van der Waals surface area contributed by atoms with Gasteiger partial charge in [-0.15, -0.1) is 0 Å². The lowest BCUT2D eigenvalue weighted by Gasteiger charge is -2.15. The second kappa shape index (κ2) is 10.1. The summed E-state index contributed by atoms with van der Waals surface area (Å²) in [6.07, 6.45) is 1.61. The lowest BCUT2D eigenvalue weighted by molar-refractivity contribution is 0.102. The van der Waals surface area contributed by atoms with Crippen LogP contribution in [-0.4, -0.2) is 42.2 Å². The number of rotatable bonds is 10. The maximum absolute atomic E-state index is 12.7. The molecule has 0 saturated carbocycles. The van der Waals surface area contributed by atoms with Gasteiger partial charge in [-0.1, -0.05) is 19.4 Å². The second-order valence-electron chi connectivity index (χ2n) is 6.15. The molecule has 9 heteroatoms. The van der Waals surface area contributed by atoms with E-state index in [0.29, 0.717) is 29.5 Å². The van der Waals surface area contributed by atoms with Crippen LogP contribution in [0.4, 0.5) is 5.69 Å². The Balaban J connectivity index is 2.26. The van der Waals surface area contributed by atoms with Crippen LogP contribution < -0.4 is 24.2 Å². The van der Waals surface area contributed by atoms with E-state index in [0.717, 1.165) is 12.8 Å². The van der Waals surface area contributed by atoms with Gasteiger partial charge >= 0.3 is 0 Å². The first-order valence-electron chi connectivity index (χ1n) is 9.07. The zero-order valence-corrected chi connectivity index (χ0v) is 17.8. The number of sulfonamides is 1. The maximum atomic E-state index is 12.7. The van der Waals surface area contributed by atoms with Gasteiger partial charge < -0.3 is 19.5 Å². The number of hydrogen-bond acceptors (Lipinski definition) is 6. The number of nitrogens with one attached hydrogen (secondary N) is 2. The third kappa shape index (κ3) is 5.61. The largest absolute Gasteiger partial charge is 0.493 e. The SMILES string of the molecule is CCCCNS(=O)(=O)c1cccc(C(=O)Nc2cc(OC)c(OC)c(OC)c2)c1. The van der Waals surface area contributed by atoms with Gasteiger partial charge in [0.2, 0.25) is 15.8 Å². The Hall–Kier alpha value is -2.78. The van der Waals surface area contributed by atoms with Crippen LogP contribution in [0.2, 0.25) is 0 Å². The highest BCUT2D eigenvalue weighted by atomic mass is 32.2. The Labute approximate surface area is 171 Å². The number of anilines is 1. The van der Waals surface area contributed by atoms with Crippen molar-refractivity contribution < 1.29 is 27.4 Å². The highest BCUT2D eigenvalue weighted by Gasteiger charge is 2.18. The predicted octanol–water partition coefficient (Wildman–Crippen LogP) is 3.04. The molecule has 0 aromatic heterocycles. The van der Waals surface area contributed by atoms with E-state index >= 15 is 0 Å². The van der Waals surface area contributed by atoms with Crippen LogP contribution >= 0.6 is 0 Å². The molecule has 8 nitrogen and oxygen atoms in total. The summed E-state index contributed by atoms with van der Waals surface area (Å²) in [6.45, 7) is 2.32. The minimum atomic E-state index is -3.68. The molecule has 2 aromatic carbocycles. The van der Waals surface area contributed by atoms with Crippen LogP contribution in [0.1, 0.15) is 30.1 Å². The fourth-order valence-corrected chi connectivity index (χ4v) is 3.75. The molecular weight excluding hydrogens is 396 g/mol. The highest BCUT2D eigenvalue weighted by molar-refractivity contribution is 7.89. The molecule has 0 aliphatic carbocycles. The first-order chi connectivity index (χ1) is 13.9. The summed E-state index contributed by atoms with van der Waals surface area (Å²) in [6, 6.07) is 9.03. The van der Waals surface area contributed by atoms with Crippen molar-refractivity contribution in [3.8, 4) is 17.2 Å². The fourth-order valence-electron chi connectivity index (χ4n) is 2.63. The monoisotopic (exact) mass is 422 g/mol. The van der Waals surface area contributed by atoms with Crippen molar-refractivity contribution in [2.75, 3.05) is 33.2 Å². The molecular formula is C20H26N2O6S. The van der Waals surface area contributed by atoms with Crippen molar-refractivity contribution >= 4 is 21.6 Å². The van der Waals surface area contributed by atoms with Crippen molar-refractivity contribution in [2.45, 2.75) is 24.7 Å². The lowest BCUT2D eigenvalue weighted by Crippen LogP contribution is -2.25. The Morgan fingerprint density at radius 3 is 2.21 bits per heavy atom. The molecule has 2 aromatic rings. The van der Waals surface area contributed by atoms with Crippen molar-refractivity contribution in [1.82, 2.24) is 4.72 Å². The number of unbranched alkanes of at least 4 members (excludes halogenated alkanes) is 1. The molecule has 0 bridgehead atoms. The molecule has 0 radical (unpaired) electrons. The molecule has 2 rings (SSSR count). The van der Waals surface area contributed by atoms with Gasteiger partial charge in [0.25, 0.3) is 5.91 Å². The van der Waals surface area contributed by atoms with Gasteiger partial charge in [0.05, 0.1) is 26.2 Å². The van der Waals surface area contributed by atoms with Crippen molar-refractivity contribution in [2.24, 2.45) is 0 Å². The number of ether oxygens (including phenoxy) is 3. The average molecular weight is 423 g/mol. The number of carbonyl (C=O) groups is 1. The minimum absolute atomic E-state index is 0.0335. The van der Waals surface area contributed by atoms with Crippen LogP contribution in [-0.2, 0) is 10.0 Å². The number of hydrogen-bond donors (Lipinski definition) is 2. The number of amides is 1. The van der Waals surface area contributed by atoms with Crippen LogP contribution in [0.25, 0.3) is 0 Å². The molecule has 0 unspecified atom stereocenters. The molecule has 158 valence electrons. The van der Waals surface area contributed by atoms with Gasteiger partial charge in [0.15, 0.2) is 11.5 Å². The molecule has 0 heterocycles. The standard InChI is InChI=1S/C20H26N2O6S/c1-5-6-10-21-29(24,25)16-9-7-8-14(11-16)20(23)22-15-12-17(26-2)19(28-4)18(13-15)27-3/h7-9,11-13,21H,5-6,10H2,1-4H3,(H,22,23). The first kappa shape index (κ1) is 22.5. The van der Waals surface area contributed by atoms with E-state index in [9.17, 15) is 13.2 Å². The Morgan fingerprint density at radius 2 is 1.66 bits per heavy atom. The van der Waals surface area contributed by atoms with E-state index in [-0.39, 0.29) is 10.5 Å². The smallest absolute Gasteiger partial charge is 0.255 e. The Bertz CT molecular complexity index is 934. The minimum Gasteiger partial charge on any atom is -0.493 e. The number of methoxy groups -OCH3 is 3. The molecule has 0 aliphatic rings. The summed E-state index contributed by atoms with van der Waals surface area (Å²) in [5.41, 5.74) is 0.621. The lowest BCUT2D eigenvalue weighted by atomic mass is 10.2. The van der Waals surface area contributed by atoms with E-state index in [4.69, 9.17) is 14.2 Å². The van der Waals surface area contributed by atoms with Crippen molar-refractivity contribution in [1.29, 1.82) is 0 Å². The van der Waals surface area contributed by atoms with Gasteiger partial charge in [-0.25, -0.2) is 13.1 Å². The zero-order valence-electron chi connectivity index (χ0n) is 16.9. The molecule has 2 N–H and O–H groups in total. The molecule has 29 heavy (non-hydrogen) atoms. The molecule has 0 saturated heterocycles. The third-order valence-corrected chi connectivity index (χ3v) is 5.61. The quantitative estimate of drug-likeness (QED) is 0.571. The van der Waals surface area contributed by atoms with Gasteiger partial charge in [0, 0.05) is 29.9 Å². The Morgan fingerprint density at radius 1 is 1.00 bits per heavy atom. The van der Waals surface area contributed by atoms with Gasteiger partial charge in [-0.3, -0.25) is 4.79 Å². The normalized spacial score (nSPS) is 11.0. The van der Waals surface area contributed by atoms with Crippen molar-refractivity contribution in [3.05, 3.63) is 42.0 Å². The summed E-state index contributed by atoms with van der Waals surface area (Å²) in [7, 11) is 0.757. The summed E-state index contributed by atoms with van der Waals surface area (Å²) in [5.74, 6) is 0.710. The number of carbonyl (C=O) groups excluding carboxylic acids is 1. The van der Waals surface area contributed by atoms with Crippen LogP contribution in [0.15, 0.2) is 41.3 Å². The highest BCUT2D eigenvalue weighted by Crippen LogP contribution is 2.40. The summed E-state index contributed by atoms with van der Waals surface area (Å²) in [5, 5.41) is 2.72. The molecule has 0 aliphatic heterocycles. The van der Waals surface area contributed by atoms with E-state index in [1.54, 1.807) is 18.2 Å².